The first-order chi connectivity index (χ1) is 7.89. The number of carbonyl (C=O) groups excluding carboxylic acids is 1. The van der Waals surface area contributed by atoms with Crippen LogP contribution in [0, 0.1) is 5.41 Å². The number of aliphatic hydroxyl groups excluding tert-OH is 1. The Morgan fingerprint density at radius 2 is 2.18 bits per heavy atom. The number of amides is 1. The zero-order valence-electron chi connectivity index (χ0n) is 9.34. The summed E-state index contributed by atoms with van der Waals surface area (Å²) in [6.07, 6.45) is 0.453. The average molecular weight is 274 g/mol. The van der Waals surface area contributed by atoms with Gasteiger partial charge in [-0.25, -0.2) is 0 Å². The summed E-state index contributed by atoms with van der Waals surface area (Å²) in [7, 11) is 0. The highest BCUT2D eigenvalue weighted by Crippen LogP contribution is 2.64. The molecule has 0 spiro atoms. The van der Waals surface area contributed by atoms with Crippen LogP contribution in [-0.4, -0.2) is 15.3 Å². The first kappa shape index (κ1) is 12.7. The number of nitrogens with one attached hydrogen (secondary N) is 1. The van der Waals surface area contributed by atoms with Crippen LogP contribution in [-0.2, 0) is 11.4 Å². The zero-order valence-corrected chi connectivity index (χ0v) is 10.8. The summed E-state index contributed by atoms with van der Waals surface area (Å²) in [6.45, 7) is 1.67. The number of anilines is 1. The largest absolute Gasteiger partial charge is 0.392 e. The van der Waals surface area contributed by atoms with Gasteiger partial charge in [0.2, 0.25) is 5.91 Å². The Labute approximate surface area is 110 Å². The van der Waals surface area contributed by atoms with Gasteiger partial charge in [0.25, 0.3) is 0 Å². The maximum Gasteiger partial charge on any atom is 0.233 e. The average Bonchev–Trinajstić information content (AvgIpc) is 2.80. The van der Waals surface area contributed by atoms with Gasteiger partial charge in [-0.2, -0.15) is 0 Å². The van der Waals surface area contributed by atoms with Gasteiger partial charge in [-0.3, -0.25) is 4.79 Å². The van der Waals surface area contributed by atoms with Crippen molar-refractivity contribution in [3.63, 3.8) is 0 Å². The molecular weight excluding hydrogens is 261 g/mol. The Kier molecular flexibility index (Phi) is 3.10. The van der Waals surface area contributed by atoms with Gasteiger partial charge in [0, 0.05) is 5.69 Å². The summed E-state index contributed by atoms with van der Waals surface area (Å²) in [4.78, 5) is 12.0. The van der Waals surface area contributed by atoms with Gasteiger partial charge in [0.05, 0.1) is 12.0 Å². The summed E-state index contributed by atoms with van der Waals surface area (Å²) in [5.74, 6) is -0.197. The van der Waals surface area contributed by atoms with E-state index in [0.717, 1.165) is 5.56 Å². The summed E-state index contributed by atoms with van der Waals surface area (Å²) < 4.78 is -0.967. The molecule has 1 aliphatic rings. The molecule has 1 atom stereocenters. The number of rotatable bonds is 3. The molecule has 1 fully saturated rings. The molecule has 5 heteroatoms. The second kappa shape index (κ2) is 4.16. The molecule has 92 valence electrons. The van der Waals surface area contributed by atoms with Crippen LogP contribution < -0.4 is 5.32 Å². The molecule has 1 saturated carbocycles. The highest BCUT2D eigenvalue weighted by Gasteiger charge is 2.67. The van der Waals surface area contributed by atoms with Gasteiger partial charge in [-0.1, -0.05) is 12.1 Å². The van der Waals surface area contributed by atoms with Gasteiger partial charge in [0.1, 0.15) is 4.33 Å². The lowest BCUT2D eigenvalue weighted by Crippen LogP contribution is -2.25. The summed E-state index contributed by atoms with van der Waals surface area (Å²) >= 11 is 11.9. The highest BCUT2D eigenvalue weighted by molar-refractivity contribution is 6.53. The fourth-order valence-electron chi connectivity index (χ4n) is 1.66. The summed E-state index contributed by atoms with van der Waals surface area (Å²) in [5, 5.41) is 11.8. The predicted molar refractivity (Wildman–Crippen MR) is 68.2 cm³/mol. The minimum Gasteiger partial charge on any atom is -0.392 e. The highest BCUT2D eigenvalue weighted by atomic mass is 35.5. The SMILES string of the molecule is CC1(C(=O)Nc2cccc(CO)c2)CC1(Cl)Cl. The van der Waals surface area contributed by atoms with Crippen LogP contribution in [0.4, 0.5) is 5.69 Å². The third-order valence-electron chi connectivity index (χ3n) is 3.13. The van der Waals surface area contributed by atoms with E-state index in [4.69, 9.17) is 28.3 Å². The first-order valence-electron chi connectivity index (χ1n) is 5.28. The third kappa shape index (κ3) is 2.28. The molecule has 0 heterocycles. The molecule has 1 aromatic rings. The van der Waals surface area contributed by atoms with Crippen LogP contribution in [0.25, 0.3) is 0 Å². The zero-order chi connectivity index (χ0) is 12.7. The third-order valence-corrected chi connectivity index (χ3v) is 4.23. The number of benzene rings is 1. The predicted octanol–water partition coefficient (Wildman–Crippen LogP) is 2.70. The Hall–Kier alpha value is -0.770. The maximum atomic E-state index is 12.0. The lowest BCUT2D eigenvalue weighted by atomic mass is 10.1. The molecule has 0 saturated heterocycles. The summed E-state index contributed by atoms with van der Waals surface area (Å²) in [6, 6.07) is 7.02. The maximum absolute atomic E-state index is 12.0. The van der Waals surface area contributed by atoms with E-state index in [9.17, 15) is 4.79 Å². The van der Waals surface area contributed by atoms with Crippen molar-refractivity contribution in [2.45, 2.75) is 24.3 Å². The van der Waals surface area contributed by atoms with Crippen LogP contribution >= 0.6 is 23.2 Å². The lowest BCUT2D eigenvalue weighted by molar-refractivity contribution is -0.120. The second-order valence-electron chi connectivity index (χ2n) is 4.53. The van der Waals surface area contributed by atoms with Gasteiger partial charge >= 0.3 is 0 Å². The molecule has 0 aliphatic heterocycles. The smallest absolute Gasteiger partial charge is 0.233 e. The standard InChI is InChI=1S/C12H13Cl2NO2/c1-11(7-12(11,13)14)10(17)15-9-4-2-3-8(5-9)6-16/h2-5,16H,6-7H2,1H3,(H,15,17). The Morgan fingerprint density at radius 1 is 1.53 bits per heavy atom. The summed E-state index contributed by atoms with van der Waals surface area (Å²) in [5.41, 5.74) is 0.649. The van der Waals surface area contributed by atoms with Crippen molar-refractivity contribution in [2.75, 3.05) is 5.32 Å². The molecule has 2 rings (SSSR count). The molecule has 1 amide bonds. The molecular formula is C12H13Cl2NO2. The number of aliphatic hydroxyl groups is 1. The van der Waals surface area contributed by atoms with Crippen molar-refractivity contribution in [3.8, 4) is 0 Å². The lowest BCUT2D eigenvalue weighted by Gasteiger charge is -2.13. The molecule has 17 heavy (non-hydrogen) atoms. The number of hydrogen-bond acceptors (Lipinski definition) is 2. The van der Waals surface area contributed by atoms with Crippen molar-refractivity contribution in [3.05, 3.63) is 29.8 Å². The number of halogens is 2. The van der Waals surface area contributed by atoms with Crippen molar-refractivity contribution >= 4 is 34.8 Å². The van der Waals surface area contributed by atoms with Crippen LogP contribution in [0.1, 0.15) is 18.9 Å². The monoisotopic (exact) mass is 273 g/mol. The van der Waals surface area contributed by atoms with Crippen molar-refractivity contribution in [1.29, 1.82) is 0 Å². The van der Waals surface area contributed by atoms with Gasteiger partial charge in [-0.15, -0.1) is 23.2 Å². The van der Waals surface area contributed by atoms with E-state index in [0.29, 0.717) is 12.1 Å². The van der Waals surface area contributed by atoms with Crippen LogP contribution in [0.5, 0.6) is 0 Å². The second-order valence-corrected chi connectivity index (χ2v) is 6.01. The van der Waals surface area contributed by atoms with Crippen LogP contribution in [0.3, 0.4) is 0 Å². The normalized spacial score (nSPS) is 25.4. The number of hydrogen-bond donors (Lipinski definition) is 2. The Morgan fingerprint density at radius 3 is 2.71 bits per heavy atom. The molecule has 0 aromatic heterocycles. The van der Waals surface area contributed by atoms with E-state index >= 15 is 0 Å². The van der Waals surface area contributed by atoms with Gasteiger partial charge in [-0.05, 0) is 31.0 Å². The van der Waals surface area contributed by atoms with Crippen LogP contribution in [0.15, 0.2) is 24.3 Å². The van der Waals surface area contributed by atoms with Crippen LogP contribution in [0.2, 0.25) is 0 Å². The van der Waals surface area contributed by atoms with Crippen molar-refractivity contribution in [1.82, 2.24) is 0 Å². The molecule has 0 bridgehead atoms. The molecule has 1 aliphatic carbocycles. The van der Waals surface area contributed by atoms with Gasteiger partial charge in [0.15, 0.2) is 0 Å². The van der Waals surface area contributed by atoms with E-state index in [1.807, 2.05) is 0 Å². The van der Waals surface area contributed by atoms with E-state index in [2.05, 4.69) is 5.32 Å². The number of alkyl halides is 2. The van der Waals surface area contributed by atoms with E-state index < -0.39 is 9.75 Å². The first-order valence-corrected chi connectivity index (χ1v) is 6.04. The number of carbonyl (C=O) groups is 1. The van der Waals surface area contributed by atoms with Gasteiger partial charge < -0.3 is 10.4 Å². The minimum absolute atomic E-state index is 0.0596. The molecule has 1 unspecified atom stereocenters. The molecule has 1 aromatic carbocycles. The Bertz CT molecular complexity index is 462. The molecule has 2 N–H and O–H groups in total. The van der Waals surface area contributed by atoms with Crippen molar-refractivity contribution < 1.29 is 9.90 Å². The van der Waals surface area contributed by atoms with E-state index in [1.165, 1.54) is 0 Å². The van der Waals surface area contributed by atoms with Crippen molar-refractivity contribution in [2.24, 2.45) is 5.41 Å². The van der Waals surface area contributed by atoms with E-state index in [-0.39, 0.29) is 12.5 Å². The fourth-order valence-corrected chi connectivity index (χ4v) is 2.37. The Balaban J connectivity index is 2.09. The molecule has 3 nitrogen and oxygen atoms in total. The molecule has 0 radical (unpaired) electrons. The topological polar surface area (TPSA) is 49.3 Å². The van der Waals surface area contributed by atoms with E-state index in [1.54, 1.807) is 31.2 Å². The minimum atomic E-state index is -0.967. The fraction of sp³-hybridized carbons (Fsp3) is 0.417. The quantitative estimate of drug-likeness (QED) is 0.832.